The average Bonchev–Trinajstić information content (AvgIpc) is 2.78. The maximum absolute atomic E-state index is 11.9. The zero-order valence-corrected chi connectivity index (χ0v) is 13.7. The lowest BCUT2D eigenvalue weighted by Crippen LogP contribution is -2.34. The van der Waals surface area contributed by atoms with Gasteiger partial charge in [0.25, 0.3) is 0 Å². The van der Waals surface area contributed by atoms with Crippen molar-refractivity contribution in [3.8, 4) is 17.2 Å². The molecule has 130 valence electrons. The van der Waals surface area contributed by atoms with Crippen LogP contribution in [0.5, 0.6) is 17.2 Å². The largest absolute Gasteiger partial charge is 0.487 e. The Morgan fingerprint density at radius 1 is 1.33 bits per heavy atom. The Labute approximate surface area is 139 Å². The Balaban J connectivity index is 1.68. The van der Waals surface area contributed by atoms with Gasteiger partial charge in [0.05, 0.1) is 17.6 Å². The lowest BCUT2D eigenvalue weighted by Gasteiger charge is -2.19. The highest BCUT2D eigenvalue weighted by Crippen LogP contribution is 2.41. The average molecular weight is 336 g/mol. The summed E-state index contributed by atoms with van der Waals surface area (Å²) in [5.41, 5.74) is -0.388. The second-order valence-electron chi connectivity index (χ2n) is 6.63. The molecule has 1 N–H and O–H groups in total. The van der Waals surface area contributed by atoms with E-state index < -0.39 is 4.92 Å². The zero-order chi connectivity index (χ0) is 17.3. The maximum atomic E-state index is 11.9. The van der Waals surface area contributed by atoms with E-state index in [1.165, 1.54) is 12.1 Å². The third kappa shape index (κ3) is 3.37. The van der Waals surface area contributed by atoms with Crippen LogP contribution in [0.4, 0.5) is 5.69 Å². The number of nitrogens with one attached hydrogen (secondary N) is 1. The van der Waals surface area contributed by atoms with Crippen molar-refractivity contribution < 1.29 is 23.9 Å². The van der Waals surface area contributed by atoms with Gasteiger partial charge in [-0.05, 0) is 26.7 Å². The van der Waals surface area contributed by atoms with E-state index in [4.69, 9.17) is 14.2 Å². The lowest BCUT2D eigenvalue weighted by molar-refractivity contribution is -0.386. The highest BCUT2D eigenvalue weighted by Gasteiger charge is 2.37. The number of nitro benzene ring substituents is 1. The van der Waals surface area contributed by atoms with Gasteiger partial charge in [-0.3, -0.25) is 14.9 Å². The lowest BCUT2D eigenvalue weighted by atomic mass is 9.95. The molecule has 8 heteroatoms. The summed E-state index contributed by atoms with van der Waals surface area (Å²) < 4.78 is 16.4. The van der Waals surface area contributed by atoms with E-state index in [-0.39, 0.29) is 35.4 Å². The molecule has 1 atom stereocenters. The van der Waals surface area contributed by atoms with Crippen LogP contribution in [0.15, 0.2) is 12.1 Å². The first-order chi connectivity index (χ1) is 11.4. The summed E-state index contributed by atoms with van der Waals surface area (Å²) in [6.07, 6.45) is 1.22. The first-order valence-corrected chi connectivity index (χ1v) is 7.88. The summed E-state index contributed by atoms with van der Waals surface area (Å²) in [6, 6.07) is 2.79. The first kappa shape index (κ1) is 16.4. The molecule has 3 rings (SSSR count). The molecule has 0 radical (unpaired) electrons. The van der Waals surface area contributed by atoms with Crippen molar-refractivity contribution in [2.24, 2.45) is 5.92 Å². The van der Waals surface area contributed by atoms with Crippen LogP contribution in [0.2, 0.25) is 0 Å². The molecule has 0 aromatic heterocycles. The number of hydrogen-bond acceptors (Lipinski definition) is 6. The minimum Gasteiger partial charge on any atom is -0.487 e. The Kier molecular flexibility index (Phi) is 4.21. The molecule has 1 fully saturated rings. The number of hydrogen-bond donors (Lipinski definition) is 1. The van der Waals surface area contributed by atoms with Crippen molar-refractivity contribution in [3.63, 3.8) is 0 Å². The summed E-state index contributed by atoms with van der Waals surface area (Å²) >= 11 is 0. The van der Waals surface area contributed by atoms with E-state index in [9.17, 15) is 14.9 Å². The molecular formula is C16H20N2O6. The van der Waals surface area contributed by atoms with Crippen molar-refractivity contribution in [2.45, 2.75) is 32.2 Å². The maximum Gasteiger partial charge on any atom is 0.314 e. The summed E-state index contributed by atoms with van der Waals surface area (Å²) in [4.78, 5) is 22.6. The van der Waals surface area contributed by atoms with Gasteiger partial charge < -0.3 is 19.5 Å². The third-order valence-corrected chi connectivity index (χ3v) is 4.13. The second-order valence-corrected chi connectivity index (χ2v) is 6.63. The van der Waals surface area contributed by atoms with Crippen LogP contribution in [0, 0.1) is 16.0 Å². The summed E-state index contributed by atoms with van der Waals surface area (Å²) in [6.45, 7) is 4.90. The fraction of sp³-hybridized carbons (Fsp3) is 0.562. The van der Waals surface area contributed by atoms with Crippen LogP contribution in [0.3, 0.4) is 0 Å². The zero-order valence-electron chi connectivity index (χ0n) is 13.7. The Hall–Kier alpha value is -2.51. The molecule has 8 nitrogen and oxygen atoms in total. The molecule has 24 heavy (non-hydrogen) atoms. The van der Waals surface area contributed by atoms with Crippen LogP contribution in [0.25, 0.3) is 0 Å². The molecule has 1 amide bonds. The predicted octanol–water partition coefficient (Wildman–Crippen LogP) is 2.05. The molecular weight excluding hydrogens is 316 g/mol. The number of nitro groups is 1. The molecule has 0 spiro atoms. The van der Waals surface area contributed by atoms with Crippen LogP contribution in [0.1, 0.15) is 26.7 Å². The molecule has 2 aliphatic rings. The van der Waals surface area contributed by atoms with E-state index in [1.54, 1.807) is 0 Å². The molecule has 2 aliphatic heterocycles. The Morgan fingerprint density at radius 2 is 2.00 bits per heavy atom. The van der Waals surface area contributed by atoms with Crippen molar-refractivity contribution in [2.75, 3.05) is 19.8 Å². The normalized spacial score (nSPS) is 21.2. The van der Waals surface area contributed by atoms with Gasteiger partial charge >= 0.3 is 5.69 Å². The van der Waals surface area contributed by atoms with Crippen molar-refractivity contribution in [3.05, 3.63) is 22.2 Å². The third-order valence-electron chi connectivity index (χ3n) is 4.13. The highest BCUT2D eigenvalue weighted by atomic mass is 16.6. The summed E-state index contributed by atoms with van der Waals surface area (Å²) in [5, 5.41) is 14.2. The van der Waals surface area contributed by atoms with Gasteiger partial charge in [0, 0.05) is 17.5 Å². The Morgan fingerprint density at radius 3 is 2.58 bits per heavy atom. The summed E-state index contributed by atoms with van der Waals surface area (Å²) in [7, 11) is 0. The fourth-order valence-corrected chi connectivity index (χ4v) is 3.06. The first-order valence-electron chi connectivity index (χ1n) is 7.88. The molecule has 2 heterocycles. The highest BCUT2D eigenvalue weighted by molar-refractivity contribution is 5.81. The van der Waals surface area contributed by atoms with Crippen LogP contribution < -0.4 is 19.5 Å². The van der Waals surface area contributed by atoms with Gasteiger partial charge in [0.1, 0.15) is 13.2 Å². The number of nitrogens with zero attached hydrogens (tertiary/aromatic N) is 1. The number of ether oxygens (including phenoxy) is 3. The van der Waals surface area contributed by atoms with Gasteiger partial charge in [-0.15, -0.1) is 0 Å². The van der Waals surface area contributed by atoms with E-state index >= 15 is 0 Å². The van der Waals surface area contributed by atoms with Gasteiger partial charge in [0.2, 0.25) is 11.7 Å². The van der Waals surface area contributed by atoms with E-state index in [0.717, 1.165) is 6.42 Å². The minimum absolute atomic E-state index is 0.000254. The number of carbonyl (C=O) groups excluding carboxylic acids is 1. The predicted molar refractivity (Wildman–Crippen MR) is 84.5 cm³/mol. The molecule has 1 unspecified atom stereocenters. The minimum atomic E-state index is -0.515. The molecule has 1 saturated heterocycles. The molecule has 0 bridgehead atoms. The van der Waals surface area contributed by atoms with Crippen molar-refractivity contribution >= 4 is 11.6 Å². The molecule has 0 aliphatic carbocycles. The number of rotatable bonds is 5. The van der Waals surface area contributed by atoms with E-state index in [0.29, 0.717) is 31.1 Å². The van der Waals surface area contributed by atoms with Crippen molar-refractivity contribution in [1.82, 2.24) is 5.32 Å². The number of amides is 1. The number of fused-ring (bicyclic) bond motifs is 1. The van der Waals surface area contributed by atoms with Gasteiger partial charge in [0.15, 0.2) is 11.5 Å². The number of benzene rings is 1. The SMILES string of the molecule is CC1(C)CC(CCOc2cc3c(cc2[N+](=O)[O-])OCCO3)C(=O)N1. The molecule has 1 aromatic carbocycles. The van der Waals surface area contributed by atoms with Gasteiger partial charge in [-0.2, -0.15) is 0 Å². The fourth-order valence-electron chi connectivity index (χ4n) is 3.06. The Bertz CT molecular complexity index is 673. The summed E-state index contributed by atoms with van der Waals surface area (Å²) in [5.74, 6) is 0.761. The van der Waals surface area contributed by atoms with E-state index in [2.05, 4.69) is 5.32 Å². The molecule has 0 saturated carbocycles. The van der Waals surface area contributed by atoms with Gasteiger partial charge in [-0.1, -0.05) is 0 Å². The van der Waals surface area contributed by atoms with E-state index in [1.807, 2.05) is 13.8 Å². The van der Waals surface area contributed by atoms with Gasteiger partial charge in [-0.25, -0.2) is 0 Å². The monoisotopic (exact) mass is 336 g/mol. The van der Waals surface area contributed by atoms with Crippen LogP contribution in [-0.4, -0.2) is 36.2 Å². The van der Waals surface area contributed by atoms with Crippen molar-refractivity contribution in [1.29, 1.82) is 0 Å². The van der Waals surface area contributed by atoms with Crippen LogP contribution >= 0.6 is 0 Å². The standard InChI is InChI=1S/C16H20N2O6/c1-16(2)9-10(15(19)17-16)3-4-22-12-8-14-13(23-5-6-24-14)7-11(12)18(20)21/h7-8,10H,3-6,9H2,1-2H3,(H,17,19). The second kappa shape index (κ2) is 6.18. The quantitative estimate of drug-likeness (QED) is 0.652. The number of carbonyl (C=O) groups is 1. The molecule has 1 aromatic rings. The topological polar surface area (TPSA) is 99.9 Å². The smallest absolute Gasteiger partial charge is 0.314 e. The van der Waals surface area contributed by atoms with Crippen LogP contribution in [-0.2, 0) is 4.79 Å².